The van der Waals surface area contributed by atoms with Crippen LogP contribution in [0.3, 0.4) is 0 Å². The van der Waals surface area contributed by atoms with Crippen LogP contribution in [0.25, 0.3) is 0 Å². The normalized spacial score (nSPS) is 23.5. The Balaban J connectivity index is 1.56. The van der Waals surface area contributed by atoms with Gasteiger partial charge >= 0.3 is 5.97 Å². The van der Waals surface area contributed by atoms with Crippen LogP contribution in [0.15, 0.2) is 90.6 Å². The lowest BCUT2D eigenvalue weighted by Crippen LogP contribution is -2.62. The zero-order chi connectivity index (χ0) is 59.9. The van der Waals surface area contributed by atoms with E-state index in [1.165, 1.54) is 75.1 Å². The molecular formula is C57H74N6O17S. The number of likely N-dealkylation sites (N-methyl/N-ethyl adjacent to an activating group) is 1. The lowest BCUT2D eigenvalue weighted by molar-refractivity contribution is -0.170. The molecule has 0 aliphatic carbocycles. The number of aliphatic hydroxyl groups is 1. The lowest BCUT2D eigenvalue weighted by Gasteiger charge is -2.44. The molecule has 3 aromatic rings. The number of ether oxygens (including phenoxy) is 2. The summed E-state index contributed by atoms with van der Waals surface area (Å²) >= 11 is 0. The highest BCUT2D eigenvalue weighted by molar-refractivity contribution is 7.86. The van der Waals surface area contributed by atoms with Gasteiger partial charge in [-0.15, -0.1) is 0 Å². The highest BCUT2D eigenvalue weighted by Gasteiger charge is 2.46. The van der Waals surface area contributed by atoms with Crippen molar-refractivity contribution in [1.82, 2.24) is 31.1 Å². The first-order valence-corrected chi connectivity index (χ1v) is 28.4. The van der Waals surface area contributed by atoms with Crippen molar-refractivity contribution in [2.45, 2.75) is 135 Å². The molecule has 24 heteroatoms. The maximum atomic E-state index is 15.3. The molecule has 0 saturated carbocycles. The summed E-state index contributed by atoms with van der Waals surface area (Å²) in [6.45, 7) is 6.27. The van der Waals surface area contributed by atoms with E-state index in [9.17, 15) is 62.1 Å². The minimum absolute atomic E-state index is 0.0394. The van der Waals surface area contributed by atoms with Crippen molar-refractivity contribution < 1.29 is 80.5 Å². The Bertz CT molecular complexity index is 2880. The third-order valence-electron chi connectivity index (χ3n) is 14.3. The number of cyclic esters (lactones) is 1. The van der Waals surface area contributed by atoms with Crippen molar-refractivity contribution in [3.8, 4) is 11.5 Å². The van der Waals surface area contributed by atoms with Crippen molar-refractivity contribution in [1.29, 1.82) is 0 Å². The van der Waals surface area contributed by atoms with E-state index in [4.69, 9.17) is 9.47 Å². The van der Waals surface area contributed by atoms with E-state index in [0.717, 1.165) is 0 Å². The number of carbonyl (C=O) groups is 9. The number of amides is 6. The number of allylic oxidation sites excluding steroid dienone is 2. The maximum absolute atomic E-state index is 15.3. The second kappa shape index (κ2) is 29.3. The number of methoxy groups -OCH3 is 1. The first kappa shape index (κ1) is 64.3. The van der Waals surface area contributed by atoms with E-state index in [1.54, 1.807) is 68.4 Å². The second-order valence-corrected chi connectivity index (χ2v) is 22.4. The number of carbonyl (C=O) groups excluding carboxylic acids is 9. The minimum Gasteiger partial charge on any atom is -0.508 e. The van der Waals surface area contributed by atoms with E-state index in [1.807, 2.05) is 0 Å². The van der Waals surface area contributed by atoms with Crippen molar-refractivity contribution in [2.24, 2.45) is 17.8 Å². The summed E-state index contributed by atoms with van der Waals surface area (Å²) in [6.07, 6.45) is -3.42. The number of Topliss-reactive ketones (excluding diaryl/α,β-unsaturated/α-hetero) is 2. The van der Waals surface area contributed by atoms with Crippen LogP contribution >= 0.6 is 0 Å². The number of hydrogen-bond donors (Lipinski definition) is 7. The SMILES string of the molecule is C/C=C1\NC(=O)C(NC(=O)C(CCc2ccc(O)cc2)CC(=O)C(C)NC(=O)C(O)COS(C)(=O)=O)C(C)OC(=O)C(C(C)C)NC(=O)C(Cc2ccc(O)cc2)N(C)C(=O)C(Cc2ccccc2)N2C(=O)C(CCC2OC)CC1=O. The van der Waals surface area contributed by atoms with Crippen molar-refractivity contribution >= 4 is 63.1 Å². The predicted molar refractivity (Wildman–Crippen MR) is 292 cm³/mol. The molecule has 0 radical (unpaired) electrons. The Morgan fingerprint density at radius 1 is 0.827 bits per heavy atom. The molecule has 2 bridgehead atoms. The molecule has 3 aromatic carbocycles. The lowest BCUT2D eigenvalue weighted by atomic mass is 9.88. The molecule has 2 heterocycles. The molecular weight excluding hydrogens is 1070 g/mol. The third-order valence-corrected chi connectivity index (χ3v) is 14.9. The van der Waals surface area contributed by atoms with Crippen LogP contribution in [-0.2, 0) is 86.2 Å². The molecule has 10 atom stereocenters. The van der Waals surface area contributed by atoms with Gasteiger partial charge in [-0.1, -0.05) is 74.5 Å². The molecule has 0 spiro atoms. The van der Waals surface area contributed by atoms with Gasteiger partial charge in [-0.3, -0.25) is 42.5 Å². The van der Waals surface area contributed by atoms with Crippen molar-refractivity contribution in [3.05, 3.63) is 107 Å². The number of esters is 1. The summed E-state index contributed by atoms with van der Waals surface area (Å²) in [5.41, 5.74) is 1.50. The fraction of sp³-hybridized carbons (Fsp3) is 0.491. The number of nitrogens with one attached hydrogen (secondary N) is 4. The number of piperidine rings is 1. The Morgan fingerprint density at radius 3 is 2.00 bits per heavy atom. The average Bonchev–Trinajstić information content (AvgIpc) is 3.52. The number of phenolic OH excluding ortho intramolecular Hbond substituents is 2. The Hall–Kier alpha value is -7.54. The van der Waals surface area contributed by atoms with Crippen LogP contribution in [0.4, 0.5) is 0 Å². The van der Waals surface area contributed by atoms with E-state index in [2.05, 4.69) is 25.5 Å². The molecule has 23 nitrogen and oxygen atoms in total. The van der Waals surface area contributed by atoms with Gasteiger partial charge in [0.1, 0.15) is 54.6 Å². The van der Waals surface area contributed by atoms with Gasteiger partial charge in [0.05, 0.1) is 18.0 Å². The average molecular weight is 1150 g/mol. The van der Waals surface area contributed by atoms with Crippen LogP contribution in [0.5, 0.6) is 11.5 Å². The van der Waals surface area contributed by atoms with Gasteiger partial charge in [0.15, 0.2) is 17.7 Å². The second-order valence-electron chi connectivity index (χ2n) is 20.7. The number of ketones is 2. The molecule has 5 rings (SSSR count). The number of aliphatic hydroxyl groups excluding tert-OH is 1. The molecule has 10 unspecified atom stereocenters. The molecule has 2 aliphatic heterocycles. The van der Waals surface area contributed by atoms with Crippen LogP contribution in [-0.4, -0.2) is 162 Å². The molecule has 2 saturated heterocycles. The van der Waals surface area contributed by atoms with Crippen LogP contribution in [0.2, 0.25) is 0 Å². The van der Waals surface area contributed by atoms with Gasteiger partial charge in [0.2, 0.25) is 23.6 Å². The maximum Gasteiger partial charge on any atom is 0.329 e. The minimum atomic E-state index is -4.04. The number of aromatic hydroxyl groups is 2. The standard InChI is InChI=1S/C57H74N6O17S/c1-9-42-46(67)30-39-21-26-48(78-7)63(55(39)73)44(28-36-13-11-10-12-14-36)56(74)62(6)43(27-37-18-24-41(65)25-19-37)52(70)60-49(32(2)3)57(75)80-34(5)50(54(72)59-42)61-51(69)38(20-15-35-16-22-40(64)23-17-35)29-45(66)33(4)58-53(71)47(68)31-79-81(8,76)77/h9-14,16-19,22-25,32-34,38-39,43-44,47-50,64-65,68H,15,20-21,26-31H2,1-8H3,(H,58,71)(H,59,72)(H,60,70)(H,61,69)/b42-9-. The summed E-state index contributed by atoms with van der Waals surface area (Å²) in [5, 5.41) is 40.4. The number of rotatable bonds is 19. The van der Waals surface area contributed by atoms with Crippen LogP contribution < -0.4 is 21.3 Å². The highest BCUT2D eigenvalue weighted by Crippen LogP contribution is 2.32. The molecule has 0 aromatic heterocycles. The van der Waals surface area contributed by atoms with E-state index in [0.29, 0.717) is 22.9 Å². The van der Waals surface area contributed by atoms with E-state index >= 15 is 4.79 Å². The third kappa shape index (κ3) is 18.2. The fourth-order valence-electron chi connectivity index (χ4n) is 9.51. The quantitative estimate of drug-likeness (QED) is 0.0512. The number of benzene rings is 3. The topological polar surface area (TPSA) is 331 Å². The monoisotopic (exact) mass is 1150 g/mol. The first-order valence-electron chi connectivity index (χ1n) is 26.6. The van der Waals surface area contributed by atoms with Gasteiger partial charge in [-0.25, -0.2) is 4.79 Å². The predicted octanol–water partition coefficient (Wildman–Crippen LogP) is 1.89. The van der Waals surface area contributed by atoms with Gasteiger partial charge in [0.25, 0.3) is 21.9 Å². The van der Waals surface area contributed by atoms with Crippen LogP contribution in [0, 0.1) is 17.8 Å². The highest BCUT2D eigenvalue weighted by atomic mass is 32.2. The van der Waals surface area contributed by atoms with Gasteiger partial charge in [-0.05, 0) is 93.3 Å². The molecule has 81 heavy (non-hydrogen) atoms. The summed E-state index contributed by atoms with van der Waals surface area (Å²) in [7, 11) is -1.26. The van der Waals surface area contributed by atoms with Crippen molar-refractivity contribution in [2.75, 3.05) is 27.0 Å². The molecule has 440 valence electrons. The van der Waals surface area contributed by atoms with E-state index < -0.39 is 149 Å². The zero-order valence-corrected chi connectivity index (χ0v) is 47.5. The number of aryl methyl sites for hydroxylation is 1. The van der Waals surface area contributed by atoms with Crippen molar-refractivity contribution in [3.63, 3.8) is 0 Å². The van der Waals surface area contributed by atoms with E-state index in [-0.39, 0.29) is 55.7 Å². The summed E-state index contributed by atoms with van der Waals surface area (Å²) in [4.78, 5) is 132. The largest absolute Gasteiger partial charge is 0.508 e. The zero-order valence-electron chi connectivity index (χ0n) is 46.7. The van der Waals surface area contributed by atoms with Gasteiger partial charge in [0, 0.05) is 51.7 Å². The number of fused-ring (bicyclic) bond motifs is 2. The number of nitrogens with zero attached hydrogens (tertiary/aromatic N) is 2. The van der Waals surface area contributed by atoms with Crippen LogP contribution in [0.1, 0.15) is 83.4 Å². The fourth-order valence-corrected chi connectivity index (χ4v) is 9.89. The summed E-state index contributed by atoms with van der Waals surface area (Å²) in [6, 6.07) is 13.4. The molecule has 6 amide bonds. The van der Waals surface area contributed by atoms with Gasteiger partial charge < -0.3 is 55.9 Å². The first-order chi connectivity index (χ1) is 38.2. The summed E-state index contributed by atoms with van der Waals surface area (Å²) in [5.74, 6) is -10.9. The summed E-state index contributed by atoms with van der Waals surface area (Å²) < 4.78 is 39.2. The smallest absolute Gasteiger partial charge is 0.329 e. The molecule has 2 aliphatic rings. The Morgan fingerprint density at radius 2 is 1.42 bits per heavy atom. The Labute approximate surface area is 471 Å². The molecule has 2 fully saturated rings. The molecule has 7 N–H and O–H groups in total. The number of hydrogen-bond acceptors (Lipinski definition) is 17. The van der Waals surface area contributed by atoms with Gasteiger partial charge in [-0.2, -0.15) is 8.42 Å². The number of phenols is 2. The Kier molecular flexibility index (Phi) is 23.2.